The zero-order valence-corrected chi connectivity index (χ0v) is 11.0. The highest BCUT2D eigenvalue weighted by Crippen LogP contribution is 2.18. The molecule has 0 unspecified atom stereocenters. The van der Waals surface area contributed by atoms with Crippen molar-refractivity contribution in [1.29, 1.82) is 0 Å². The van der Waals surface area contributed by atoms with Gasteiger partial charge < -0.3 is 10.3 Å². The van der Waals surface area contributed by atoms with Crippen LogP contribution in [0.5, 0.6) is 0 Å². The van der Waals surface area contributed by atoms with Gasteiger partial charge in [0.15, 0.2) is 0 Å². The Hall–Kier alpha value is -2.44. The summed E-state index contributed by atoms with van der Waals surface area (Å²) < 4.78 is 0. The SMILES string of the molecule is Cc1nc(CNc2ccc([N+](=O)[O-])c(C)n2)c(C)[nH]1. The highest BCUT2D eigenvalue weighted by molar-refractivity contribution is 5.45. The average molecular weight is 261 g/mol. The van der Waals surface area contributed by atoms with Crippen molar-refractivity contribution >= 4 is 11.5 Å². The third-order valence-electron chi connectivity index (χ3n) is 2.80. The number of hydrogen-bond acceptors (Lipinski definition) is 5. The summed E-state index contributed by atoms with van der Waals surface area (Å²) in [6, 6.07) is 3.05. The molecular formula is C12H15N5O2. The van der Waals surface area contributed by atoms with Gasteiger partial charge in [0, 0.05) is 11.8 Å². The maximum absolute atomic E-state index is 10.7. The Bertz CT molecular complexity index is 621. The van der Waals surface area contributed by atoms with E-state index in [-0.39, 0.29) is 5.69 Å². The van der Waals surface area contributed by atoms with Crippen LogP contribution in [0.1, 0.15) is 22.9 Å². The second-order valence-electron chi connectivity index (χ2n) is 4.31. The molecule has 0 saturated heterocycles. The summed E-state index contributed by atoms with van der Waals surface area (Å²) in [4.78, 5) is 21.9. The lowest BCUT2D eigenvalue weighted by molar-refractivity contribution is -0.385. The first kappa shape index (κ1) is 13.0. The molecule has 0 atom stereocenters. The minimum Gasteiger partial charge on any atom is -0.364 e. The van der Waals surface area contributed by atoms with Crippen molar-refractivity contribution in [2.45, 2.75) is 27.3 Å². The molecule has 0 radical (unpaired) electrons. The van der Waals surface area contributed by atoms with Crippen LogP contribution in [0.3, 0.4) is 0 Å². The molecule has 0 aliphatic rings. The van der Waals surface area contributed by atoms with Gasteiger partial charge in [0.2, 0.25) is 0 Å². The lowest BCUT2D eigenvalue weighted by Gasteiger charge is -2.05. The molecule has 2 rings (SSSR count). The Kier molecular flexibility index (Phi) is 3.46. The first-order chi connectivity index (χ1) is 8.97. The summed E-state index contributed by atoms with van der Waals surface area (Å²) in [6.07, 6.45) is 0. The quantitative estimate of drug-likeness (QED) is 0.650. The lowest BCUT2D eigenvalue weighted by atomic mass is 10.3. The fourth-order valence-corrected chi connectivity index (χ4v) is 1.85. The number of aryl methyl sites for hydroxylation is 3. The lowest BCUT2D eigenvalue weighted by Crippen LogP contribution is -2.04. The maximum atomic E-state index is 10.7. The van der Waals surface area contributed by atoms with Crippen molar-refractivity contribution in [2.24, 2.45) is 0 Å². The van der Waals surface area contributed by atoms with Gasteiger partial charge in [-0.2, -0.15) is 0 Å². The molecule has 0 aliphatic carbocycles. The summed E-state index contributed by atoms with van der Waals surface area (Å²) in [5, 5.41) is 13.8. The van der Waals surface area contributed by atoms with Gasteiger partial charge in [-0.05, 0) is 26.8 Å². The molecule has 7 heteroatoms. The molecule has 0 aliphatic heterocycles. The van der Waals surface area contributed by atoms with Gasteiger partial charge in [-0.25, -0.2) is 9.97 Å². The Morgan fingerprint density at radius 1 is 1.32 bits per heavy atom. The largest absolute Gasteiger partial charge is 0.364 e. The fraction of sp³-hybridized carbons (Fsp3) is 0.333. The monoisotopic (exact) mass is 261 g/mol. The number of nitrogens with one attached hydrogen (secondary N) is 2. The maximum Gasteiger partial charge on any atom is 0.290 e. The van der Waals surface area contributed by atoms with E-state index >= 15 is 0 Å². The van der Waals surface area contributed by atoms with Gasteiger partial charge in [-0.1, -0.05) is 0 Å². The Morgan fingerprint density at radius 3 is 2.58 bits per heavy atom. The van der Waals surface area contributed by atoms with E-state index in [1.807, 2.05) is 13.8 Å². The molecule has 19 heavy (non-hydrogen) atoms. The smallest absolute Gasteiger partial charge is 0.290 e. The number of hydrogen-bond donors (Lipinski definition) is 2. The van der Waals surface area contributed by atoms with Crippen molar-refractivity contribution in [2.75, 3.05) is 5.32 Å². The normalized spacial score (nSPS) is 10.5. The van der Waals surface area contributed by atoms with E-state index in [0.717, 1.165) is 17.2 Å². The molecule has 100 valence electrons. The van der Waals surface area contributed by atoms with Gasteiger partial charge >= 0.3 is 0 Å². The first-order valence-corrected chi connectivity index (χ1v) is 5.85. The van der Waals surface area contributed by atoms with E-state index in [9.17, 15) is 10.1 Å². The summed E-state index contributed by atoms with van der Waals surface area (Å²) in [5.41, 5.74) is 2.33. The minimum atomic E-state index is -0.437. The number of aromatic nitrogens is 3. The number of anilines is 1. The zero-order valence-electron chi connectivity index (χ0n) is 11.0. The predicted octanol–water partition coefficient (Wildman–Crippen LogP) is 2.25. The molecule has 0 bridgehead atoms. The number of imidazole rings is 1. The third-order valence-corrected chi connectivity index (χ3v) is 2.80. The van der Waals surface area contributed by atoms with Gasteiger partial charge in [0.1, 0.15) is 17.3 Å². The van der Waals surface area contributed by atoms with Crippen molar-refractivity contribution in [1.82, 2.24) is 15.0 Å². The zero-order chi connectivity index (χ0) is 14.0. The molecule has 0 aromatic carbocycles. The van der Waals surface area contributed by atoms with Gasteiger partial charge in [-0.15, -0.1) is 0 Å². The minimum absolute atomic E-state index is 0.0253. The average Bonchev–Trinajstić information content (AvgIpc) is 2.65. The topological polar surface area (TPSA) is 96.7 Å². The second-order valence-corrected chi connectivity index (χ2v) is 4.31. The third kappa shape index (κ3) is 2.87. The molecular weight excluding hydrogens is 246 g/mol. The van der Waals surface area contributed by atoms with Crippen molar-refractivity contribution in [3.8, 4) is 0 Å². The molecule has 0 saturated carbocycles. The van der Waals surface area contributed by atoms with Crippen molar-refractivity contribution in [3.63, 3.8) is 0 Å². The van der Waals surface area contributed by atoms with Crippen LogP contribution >= 0.6 is 0 Å². The molecule has 2 N–H and O–H groups in total. The number of H-pyrrole nitrogens is 1. The number of pyridine rings is 1. The molecule has 2 heterocycles. The van der Waals surface area contributed by atoms with Gasteiger partial charge in [-0.3, -0.25) is 10.1 Å². The summed E-state index contributed by atoms with van der Waals surface area (Å²) >= 11 is 0. The Labute approximate surface area is 110 Å². The number of nitro groups is 1. The number of aromatic amines is 1. The van der Waals surface area contributed by atoms with Crippen LogP contribution in [0.2, 0.25) is 0 Å². The molecule has 7 nitrogen and oxygen atoms in total. The summed E-state index contributed by atoms with van der Waals surface area (Å²) in [6.45, 7) is 5.99. The highest BCUT2D eigenvalue weighted by atomic mass is 16.6. The second kappa shape index (κ2) is 5.05. The summed E-state index contributed by atoms with van der Waals surface area (Å²) in [5.74, 6) is 1.46. The van der Waals surface area contributed by atoms with E-state index in [0.29, 0.717) is 18.1 Å². The van der Waals surface area contributed by atoms with E-state index < -0.39 is 4.92 Å². The Morgan fingerprint density at radius 2 is 2.05 bits per heavy atom. The van der Waals surface area contributed by atoms with Crippen LogP contribution < -0.4 is 5.32 Å². The molecule has 2 aromatic heterocycles. The summed E-state index contributed by atoms with van der Waals surface area (Å²) in [7, 11) is 0. The number of rotatable bonds is 4. The van der Waals surface area contributed by atoms with Crippen LogP contribution in [0, 0.1) is 30.9 Å². The van der Waals surface area contributed by atoms with E-state index in [1.165, 1.54) is 6.07 Å². The fourth-order valence-electron chi connectivity index (χ4n) is 1.85. The van der Waals surface area contributed by atoms with Crippen molar-refractivity contribution in [3.05, 3.63) is 45.2 Å². The Balaban J connectivity index is 2.10. The first-order valence-electron chi connectivity index (χ1n) is 5.85. The van der Waals surface area contributed by atoms with E-state index in [4.69, 9.17) is 0 Å². The molecule has 2 aromatic rings. The molecule has 0 amide bonds. The predicted molar refractivity (Wildman–Crippen MR) is 71.0 cm³/mol. The van der Waals surface area contributed by atoms with Crippen LogP contribution in [-0.4, -0.2) is 19.9 Å². The standard InChI is InChI=1S/C12H15N5O2/c1-7-10(16-9(3)14-7)6-13-12-5-4-11(17(18)19)8(2)15-12/h4-5H,6H2,1-3H3,(H,13,15)(H,14,16). The molecule has 0 spiro atoms. The van der Waals surface area contributed by atoms with Crippen LogP contribution in [0.15, 0.2) is 12.1 Å². The van der Waals surface area contributed by atoms with Gasteiger partial charge in [0.25, 0.3) is 5.69 Å². The van der Waals surface area contributed by atoms with Crippen molar-refractivity contribution < 1.29 is 4.92 Å². The highest BCUT2D eigenvalue weighted by Gasteiger charge is 2.12. The van der Waals surface area contributed by atoms with Crippen LogP contribution in [-0.2, 0) is 6.54 Å². The van der Waals surface area contributed by atoms with E-state index in [2.05, 4.69) is 20.3 Å². The van der Waals surface area contributed by atoms with Crippen LogP contribution in [0.25, 0.3) is 0 Å². The van der Waals surface area contributed by atoms with Crippen LogP contribution in [0.4, 0.5) is 11.5 Å². The van der Waals surface area contributed by atoms with Gasteiger partial charge in [0.05, 0.1) is 17.2 Å². The molecule has 0 fully saturated rings. The van der Waals surface area contributed by atoms with E-state index in [1.54, 1.807) is 13.0 Å². The number of nitrogens with zero attached hydrogens (tertiary/aromatic N) is 3.